The number of hydrogen-bond donors (Lipinski definition) is 2. The molecule has 0 saturated carbocycles. The van der Waals surface area contributed by atoms with Gasteiger partial charge >= 0.3 is 12.0 Å². The van der Waals surface area contributed by atoms with Crippen molar-refractivity contribution in [3.05, 3.63) is 41.1 Å². The van der Waals surface area contributed by atoms with Crippen LogP contribution in [0.4, 0.5) is 4.79 Å². The number of benzene rings is 1. The molecule has 0 fully saturated rings. The molecule has 148 valence electrons. The van der Waals surface area contributed by atoms with Crippen LogP contribution in [-0.4, -0.2) is 24.7 Å². The highest BCUT2D eigenvalue weighted by Crippen LogP contribution is 2.31. The Morgan fingerprint density at radius 1 is 1.22 bits per heavy atom. The zero-order valence-electron chi connectivity index (χ0n) is 16.6. The average Bonchev–Trinajstić information content (AvgIpc) is 2.63. The summed E-state index contributed by atoms with van der Waals surface area (Å²) in [5.41, 5.74) is 1.89. The second kappa shape index (κ2) is 10.00. The van der Waals surface area contributed by atoms with E-state index in [1.54, 1.807) is 0 Å². The number of rotatable bonds is 9. The Labute approximate surface area is 161 Å². The van der Waals surface area contributed by atoms with Crippen molar-refractivity contribution in [2.24, 2.45) is 0 Å². The van der Waals surface area contributed by atoms with Gasteiger partial charge < -0.3 is 20.1 Å². The van der Waals surface area contributed by atoms with Crippen LogP contribution < -0.4 is 15.4 Å². The lowest BCUT2D eigenvalue weighted by molar-refractivity contribution is -0.143. The number of carbonyl (C=O) groups is 2. The fourth-order valence-electron chi connectivity index (χ4n) is 2.94. The smallest absolute Gasteiger partial charge is 0.338 e. The zero-order chi connectivity index (χ0) is 19.8. The van der Waals surface area contributed by atoms with Crippen LogP contribution in [0, 0.1) is 0 Å². The van der Waals surface area contributed by atoms with Gasteiger partial charge in [-0.2, -0.15) is 0 Å². The minimum absolute atomic E-state index is 0.241. The summed E-state index contributed by atoms with van der Waals surface area (Å²) < 4.78 is 11.2. The van der Waals surface area contributed by atoms with Crippen LogP contribution in [0.1, 0.15) is 65.0 Å². The minimum atomic E-state index is -0.568. The van der Waals surface area contributed by atoms with Gasteiger partial charge in [0.05, 0.1) is 24.3 Å². The topological polar surface area (TPSA) is 76.7 Å². The number of esters is 1. The summed E-state index contributed by atoms with van der Waals surface area (Å²) in [6.45, 7) is 8.35. The van der Waals surface area contributed by atoms with Crippen molar-refractivity contribution in [3.8, 4) is 5.75 Å². The molecule has 1 unspecified atom stereocenters. The summed E-state index contributed by atoms with van der Waals surface area (Å²) in [6, 6.07) is 6.61. The Bertz CT molecular complexity index is 697. The number of nitrogens with one attached hydrogen (secondary N) is 2. The minimum Gasteiger partial charge on any atom is -0.494 e. The van der Waals surface area contributed by atoms with Crippen LogP contribution in [0.2, 0.25) is 0 Å². The molecule has 0 spiro atoms. The van der Waals surface area contributed by atoms with E-state index < -0.39 is 12.0 Å². The third-order valence-corrected chi connectivity index (χ3v) is 4.16. The molecule has 1 aliphatic rings. The standard InChI is InChI=1S/C21H30N2O4/c1-5-7-11-17-18(20(24)27-14(3)4)19(23-21(25)22-17)15-9-8-10-16(13-15)26-12-6-2/h8-10,13-14,19H,5-7,11-12H2,1-4H3,(H2,22,23,25). The predicted molar refractivity (Wildman–Crippen MR) is 104 cm³/mol. The number of carbonyl (C=O) groups excluding carboxylic acids is 2. The van der Waals surface area contributed by atoms with Crippen LogP contribution in [0.15, 0.2) is 35.5 Å². The average molecular weight is 374 g/mol. The van der Waals surface area contributed by atoms with Gasteiger partial charge in [0, 0.05) is 5.70 Å². The van der Waals surface area contributed by atoms with E-state index in [2.05, 4.69) is 17.6 Å². The maximum atomic E-state index is 12.8. The molecule has 2 amide bonds. The summed E-state index contributed by atoms with van der Waals surface area (Å²) in [7, 11) is 0. The first-order chi connectivity index (χ1) is 13.0. The molecule has 0 saturated heterocycles. The zero-order valence-corrected chi connectivity index (χ0v) is 16.6. The molecule has 1 aromatic carbocycles. The fourth-order valence-corrected chi connectivity index (χ4v) is 2.94. The quantitative estimate of drug-likeness (QED) is 0.634. The number of urea groups is 1. The monoisotopic (exact) mass is 374 g/mol. The number of hydrogen-bond acceptors (Lipinski definition) is 4. The normalized spacial score (nSPS) is 16.8. The first-order valence-corrected chi connectivity index (χ1v) is 9.70. The number of amides is 2. The molecule has 2 N–H and O–H groups in total. The Morgan fingerprint density at radius 2 is 2.00 bits per heavy atom. The molecule has 2 rings (SSSR count). The molecule has 6 heteroatoms. The second-order valence-electron chi connectivity index (χ2n) is 6.90. The summed E-state index contributed by atoms with van der Waals surface area (Å²) in [6.07, 6.45) is 3.12. The molecule has 0 aliphatic carbocycles. The van der Waals surface area contributed by atoms with Gasteiger partial charge in [0.2, 0.25) is 0 Å². The van der Waals surface area contributed by atoms with E-state index in [1.165, 1.54) is 0 Å². The van der Waals surface area contributed by atoms with Crippen molar-refractivity contribution in [1.82, 2.24) is 10.6 Å². The van der Waals surface area contributed by atoms with Crippen molar-refractivity contribution in [1.29, 1.82) is 0 Å². The SMILES string of the molecule is CCCCC1=C(C(=O)OC(C)C)C(c2cccc(OCCC)c2)NC(=O)N1. The van der Waals surface area contributed by atoms with Gasteiger partial charge in [-0.05, 0) is 50.8 Å². The molecule has 6 nitrogen and oxygen atoms in total. The molecule has 1 heterocycles. The fraction of sp³-hybridized carbons (Fsp3) is 0.524. The first-order valence-electron chi connectivity index (χ1n) is 9.70. The molecule has 0 radical (unpaired) electrons. The largest absolute Gasteiger partial charge is 0.494 e. The maximum absolute atomic E-state index is 12.8. The van der Waals surface area contributed by atoms with Crippen LogP contribution in [0.25, 0.3) is 0 Å². The van der Waals surface area contributed by atoms with Gasteiger partial charge in [-0.15, -0.1) is 0 Å². The van der Waals surface area contributed by atoms with E-state index in [0.29, 0.717) is 30.0 Å². The third kappa shape index (κ3) is 5.74. The lowest BCUT2D eigenvalue weighted by atomic mass is 9.93. The van der Waals surface area contributed by atoms with E-state index in [9.17, 15) is 9.59 Å². The molecule has 0 bridgehead atoms. The highest BCUT2D eigenvalue weighted by atomic mass is 16.5. The van der Waals surface area contributed by atoms with Crippen LogP contribution in [-0.2, 0) is 9.53 Å². The van der Waals surface area contributed by atoms with Crippen LogP contribution in [0.5, 0.6) is 5.75 Å². The van der Waals surface area contributed by atoms with Crippen molar-refractivity contribution < 1.29 is 19.1 Å². The molecule has 1 aliphatic heterocycles. The van der Waals surface area contributed by atoms with Gasteiger partial charge in [0.15, 0.2) is 0 Å². The number of ether oxygens (including phenoxy) is 2. The van der Waals surface area contributed by atoms with Crippen molar-refractivity contribution in [2.45, 2.75) is 65.5 Å². The van der Waals surface area contributed by atoms with E-state index in [4.69, 9.17) is 9.47 Å². The second-order valence-corrected chi connectivity index (χ2v) is 6.90. The summed E-state index contributed by atoms with van der Waals surface area (Å²) in [5.74, 6) is 0.308. The maximum Gasteiger partial charge on any atom is 0.338 e. The van der Waals surface area contributed by atoms with Gasteiger partial charge in [0.25, 0.3) is 0 Å². The van der Waals surface area contributed by atoms with Gasteiger partial charge in [0.1, 0.15) is 5.75 Å². The summed E-state index contributed by atoms with van der Waals surface area (Å²) >= 11 is 0. The number of unbranched alkanes of at least 4 members (excludes halogenated alkanes) is 1. The Kier molecular flexibility index (Phi) is 7.70. The van der Waals surface area contributed by atoms with Gasteiger partial charge in [-0.25, -0.2) is 9.59 Å². The first kappa shape index (κ1) is 20.8. The van der Waals surface area contributed by atoms with Gasteiger partial charge in [-0.3, -0.25) is 0 Å². The van der Waals surface area contributed by atoms with E-state index in [-0.39, 0.29) is 12.1 Å². The summed E-state index contributed by atoms with van der Waals surface area (Å²) in [5, 5.41) is 5.66. The van der Waals surface area contributed by atoms with E-state index in [1.807, 2.05) is 45.0 Å². The molecule has 0 aromatic heterocycles. The number of allylic oxidation sites excluding steroid dienone is 1. The lowest BCUT2D eigenvalue weighted by Gasteiger charge is -2.30. The molecule has 1 aromatic rings. The Balaban J connectivity index is 2.43. The summed E-state index contributed by atoms with van der Waals surface area (Å²) in [4.78, 5) is 25.1. The van der Waals surface area contributed by atoms with Crippen molar-refractivity contribution >= 4 is 12.0 Å². The van der Waals surface area contributed by atoms with Crippen LogP contribution >= 0.6 is 0 Å². The molecular weight excluding hydrogens is 344 g/mol. The lowest BCUT2D eigenvalue weighted by Crippen LogP contribution is -2.46. The van der Waals surface area contributed by atoms with Crippen LogP contribution in [0.3, 0.4) is 0 Å². The highest BCUT2D eigenvalue weighted by molar-refractivity contribution is 5.95. The highest BCUT2D eigenvalue weighted by Gasteiger charge is 2.34. The Hall–Kier alpha value is -2.50. The molecule has 27 heavy (non-hydrogen) atoms. The molecular formula is C21H30N2O4. The Morgan fingerprint density at radius 3 is 2.67 bits per heavy atom. The third-order valence-electron chi connectivity index (χ3n) is 4.16. The van der Waals surface area contributed by atoms with Crippen molar-refractivity contribution in [3.63, 3.8) is 0 Å². The van der Waals surface area contributed by atoms with Gasteiger partial charge in [-0.1, -0.05) is 32.4 Å². The van der Waals surface area contributed by atoms with E-state index >= 15 is 0 Å². The predicted octanol–water partition coefficient (Wildman–Crippen LogP) is 4.23. The van der Waals surface area contributed by atoms with E-state index in [0.717, 1.165) is 24.8 Å². The molecule has 1 atom stereocenters. The van der Waals surface area contributed by atoms with Crippen molar-refractivity contribution in [2.75, 3.05) is 6.61 Å².